The summed E-state index contributed by atoms with van der Waals surface area (Å²) in [6, 6.07) is 3.45. The second-order valence-corrected chi connectivity index (χ2v) is 4.00. The highest BCUT2D eigenvalue weighted by molar-refractivity contribution is 6.33. The van der Waals surface area contributed by atoms with Crippen LogP contribution in [0.1, 0.15) is 26.2 Å². The van der Waals surface area contributed by atoms with Gasteiger partial charge < -0.3 is 9.47 Å². The lowest BCUT2D eigenvalue weighted by molar-refractivity contribution is -0.153. The molecule has 0 aliphatic carbocycles. The average Bonchev–Trinajstić information content (AvgIpc) is 2.41. The lowest BCUT2D eigenvalue weighted by Gasteiger charge is -2.07. The van der Waals surface area contributed by atoms with Crippen LogP contribution in [0.3, 0.4) is 0 Å². The molecule has 6 heteroatoms. The number of unbranched alkanes of at least 4 members (excludes halogenated alkanes) is 1. The number of rotatable bonds is 8. The quantitative estimate of drug-likeness (QED) is 0.419. The van der Waals surface area contributed by atoms with Gasteiger partial charge in [-0.05, 0) is 31.9 Å². The minimum absolute atomic E-state index is 0.0297. The number of esters is 1. The molecule has 0 heterocycles. The molecule has 0 unspecified atom stereocenters. The zero-order valence-corrected chi connectivity index (χ0v) is 11.2. The lowest BCUT2D eigenvalue weighted by Crippen LogP contribution is -2.17. The van der Waals surface area contributed by atoms with E-state index in [1.165, 1.54) is 6.07 Å². The van der Waals surface area contributed by atoms with Crippen LogP contribution in [0.4, 0.5) is 8.78 Å². The molecule has 0 fully saturated rings. The largest absolute Gasteiger partial charge is 0.488 e. The highest BCUT2D eigenvalue weighted by Gasteiger charge is 2.14. The fourth-order valence-corrected chi connectivity index (χ4v) is 1.50. The van der Waals surface area contributed by atoms with Crippen molar-refractivity contribution in [2.75, 3.05) is 13.2 Å². The third-order valence-electron chi connectivity index (χ3n) is 2.47. The van der Waals surface area contributed by atoms with Crippen molar-refractivity contribution in [1.82, 2.24) is 0 Å². The molecule has 0 amide bonds. The van der Waals surface area contributed by atoms with E-state index in [1.807, 2.05) is 0 Å². The molecule has 110 valence electrons. The summed E-state index contributed by atoms with van der Waals surface area (Å²) < 4.78 is 35.9. The van der Waals surface area contributed by atoms with Crippen molar-refractivity contribution in [3.63, 3.8) is 0 Å². The van der Waals surface area contributed by atoms with Gasteiger partial charge in [0.25, 0.3) is 0 Å². The smallest absolute Gasteiger partial charge is 0.374 e. The summed E-state index contributed by atoms with van der Waals surface area (Å²) in [4.78, 5) is 22.3. The van der Waals surface area contributed by atoms with E-state index in [0.717, 1.165) is 12.1 Å². The topological polar surface area (TPSA) is 52.6 Å². The summed E-state index contributed by atoms with van der Waals surface area (Å²) in [7, 11) is 0. The van der Waals surface area contributed by atoms with E-state index in [4.69, 9.17) is 4.74 Å². The molecular weight excluding hydrogens is 270 g/mol. The van der Waals surface area contributed by atoms with Crippen molar-refractivity contribution in [2.24, 2.45) is 0 Å². The first-order valence-corrected chi connectivity index (χ1v) is 6.33. The molecule has 1 rings (SSSR count). The molecule has 0 spiro atoms. The first kappa shape index (κ1) is 16.1. The SMILES string of the molecule is CCOC(=O)C(=O)CCCCOc1c(F)cccc1F. The van der Waals surface area contributed by atoms with E-state index in [0.29, 0.717) is 12.8 Å². The van der Waals surface area contributed by atoms with Gasteiger partial charge in [0.1, 0.15) is 0 Å². The van der Waals surface area contributed by atoms with Gasteiger partial charge in [0.15, 0.2) is 17.4 Å². The van der Waals surface area contributed by atoms with Gasteiger partial charge in [0.2, 0.25) is 5.78 Å². The lowest BCUT2D eigenvalue weighted by atomic mass is 10.2. The number of carbonyl (C=O) groups is 2. The van der Waals surface area contributed by atoms with Crippen LogP contribution in [0.15, 0.2) is 18.2 Å². The number of halogens is 2. The number of hydrogen-bond donors (Lipinski definition) is 0. The molecule has 0 aromatic heterocycles. The zero-order valence-electron chi connectivity index (χ0n) is 11.2. The van der Waals surface area contributed by atoms with Gasteiger partial charge in [-0.1, -0.05) is 6.07 Å². The molecular formula is C14H16F2O4. The molecule has 1 aromatic rings. The Balaban J connectivity index is 2.26. The summed E-state index contributed by atoms with van der Waals surface area (Å²) in [5, 5.41) is 0. The summed E-state index contributed by atoms with van der Waals surface area (Å²) in [6.07, 6.45) is 0.814. The molecule has 4 nitrogen and oxygen atoms in total. The van der Waals surface area contributed by atoms with Gasteiger partial charge in [-0.15, -0.1) is 0 Å². The van der Waals surface area contributed by atoms with Crippen LogP contribution in [0.25, 0.3) is 0 Å². The van der Waals surface area contributed by atoms with Crippen molar-refractivity contribution >= 4 is 11.8 Å². The Morgan fingerprint density at radius 2 is 1.80 bits per heavy atom. The van der Waals surface area contributed by atoms with E-state index < -0.39 is 29.1 Å². The maximum atomic E-state index is 13.2. The normalized spacial score (nSPS) is 10.2. The van der Waals surface area contributed by atoms with Gasteiger partial charge in [0, 0.05) is 6.42 Å². The summed E-state index contributed by atoms with van der Waals surface area (Å²) in [5.41, 5.74) is 0. The number of ketones is 1. The maximum absolute atomic E-state index is 13.2. The van der Waals surface area contributed by atoms with Gasteiger partial charge in [-0.3, -0.25) is 4.79 Å². The summed E-state index contributed by atoms with van der Waals surface area (Å²) in [6.45, 7) is 1.83. The Labute approximate surface area is 115 Å². The molecule has 0 bridgehead atoms. The predicted octanol–water partition coefficient (Wildman–Crippen LogP) is 2.65. The molecule has 0 aliphatic heterocycles. The first-order chi connectivity index (χ1) is 9.56. The third kappa shape index (κ3) is 4.95. The Bertz CT molecular complexity index is 454. The third-order valence-corrected chi connectivity index (χ3v) is 2.47. The average molecular weight is 286 g/mol. The summed E-state index contributed by atoms with van der Waals surface area (Å²) in [5.74, 6) is -3.43. The van der Waals surface area contributed by atoms with Crippen molar-refractivity contribution in [2.45, 2.75) is 26.2 Å². The Hall–Kier alpha value is -1.98. The number of hydrogen-bond acceptors (Lipinski definition) is 4. The molecule has 20 heavy (non-hydrogen) atoms. The van der Waals surface area contributed by atoms with E-state index in [9.17, 15) is 18.4 Å². The van der Waals surface area contributed by atoms with Crippen molar-refractivity contribution < 1.29 is 27.8 Å². The molecule has 0 aliphatic rings. The van der Waals surface area contributed by atoms with Crippen LogP contribution in [-0.2, 0) is 14.3 Å². The maximum Gasteiger partial charge on any atom is 0.374 e. The highest BCUT2D eigenvalue weighted by atomic mass is 19.1. The second kappa shape index (κ2) is 8.24. The fourth-order valence-electron chi connectivity index (χ4n) is 1.50. The molecule has 0 N–H and O–H groups in total. The van der Waals surface area contributed by atoms with E-state index in [1.54, 1.807) is 6.92 Å². The summed E-state index contributed by atoms with van der Waals surface area (Å²) >= 11 is 0. The van der Waals surface area contributed by atoms with Crippen molar-refractivity contribution in [3.05, 3.63) is 29.8 Å². The predicted molar refractivity (Wildman–Crippen MR) is 67.3 cm³/mol. The van der Waals surface area contributed by atoms with Gasteiger partial charge in [-0.2, -0.15) is 0 Å². The first-order valence-electron chi connectivity index (χ1n) is 6.33. The fraction of sp³-hybridized carbons (Fsp3) is 0.429. The molecule has 0 atom stereocenters. The molecule has 0 radical (unpaired) electrons. The van der Waals surface area contributed by atoms with Crippen LogP contribution in [0, 0.1) is 11.6 Å². The molecule has 1 aromatic carbocycles. The number of ether oxygens (including phenoxy) is 2. The van der Waals surface area contributed by atoms with E-state index in [-0.39, 0.29) is 19.6 Å². The number of para-hydroxylation sites is 1. The van der Waals surface area contributed by atoms with Crippen LogP contribution >= 0.6 is 0 Å². The monoisotopic (exact) mass is 286 g/mol. The Morgan fingerprint density at radius 1 is 1.15 bits per heavy atom. The number of carbonyl (C=O) groups excluding carboxylic acids is 2. The number of Topliss-reactive ketones (excluding diaryl/α,β-unsaturated/α-hetero) is 1. The minimum Gasteiger partial charge on any atom is -0.488 e. The Morgan fingerprint density at radius 3 is 2.40 bits per heavy atom. The van der Waals surface area contributed by atoms with E-state index in [2.05, 4.69) is 4.74 Å². The number of benzene rings is 1. The minimum atomic E-state index is -0.853. The Kier molecular flexibility index (Phi) is 6.63. The van der Waals surface area contributed by atoms with Crippen LogP contribution < -0.4 is 4.74 Å². The van der Waals surface area contributed by atoms with Gasteiger partial charge >= 0.3 is 5.97 Å². The van der Waals surface area contributed by atoms with Crippen LogP contribution in [-0.4, -0.2) is 25.0 Å². The zero-order chi connectivity index (χ0) is 15.0. The van der Waals surface area contributed by atoms with Crippen LogP contribution in [0.5, 0.6) is 5.75 Å². The van der Waals surface area contributed by atoms with Gasteiger partial charge in [0.05, 0.1) is 13.2 Å². The van der Waals surface area contributed by atoms with Crippen LogP contribution in [0.2, 0.25) is 0 Å². The van der Waals surface area contributed by atoms with Crippen molar-refractivity contribution in [1.29, 1.82) is 0 Å². The standard InChI is InChI=1S/C14H16F2O4/c1-2-19-14(18)12(17)8-3-4-9-20-13-10(15)6-5-7-11(13)16/h5-7H,2-4,8-9H2,1H3. The second-order valence-electron chi connectivity index (χ2n) is 4.00. The van der Waals surface area contributed by atoms with Gasteiger partial charge in [-0.25, -0.2) is 13.6 Å². The van der Waals surface area contributed by atoms with Crippen molar-refractivity contribution in [3.8, 4) is 5.75 Å². The van der Waals surface area contributed by atoms with E-state index >= 15 is 0 Å². The molecule has 0 saturated heterocycles. The molecule has 0 saturated carbocycles. The highest BCUT2D eigenvalue weighted by Crippen LogP contribution is 2.21.